The molecule has 30 heavy (non-hydrogen) atoms. The second kappa shape index (κ2) is 7.76. The first-order valence-electron chi connectivity index (χ1n) is 9.04. The highest BCUT2D eigenvalue weighted by Crippen LogP contribution is 2.33. The fourth-order valence-corrected chi connectivity index (χ4v) is 6.23. The van der Waals surface area contributed by atoms with Crippen molar-refractivity contribution in [3.8, 4) is 11.5 Å². The summed E-state index contributed by atoms with van der Waals surface area (Å²) in [6.07, 6.45) is 0. The molecule has 12 heteroatoms. The van der Waals surface area contributed by atoms with Crippen molar-refractivity contribution in [2.45, 2.75) is 9.79 Å². The molecule has 0 radical (unpaired) electrons. The van der Waals surface area contributed by atoms with Gasteiger partial charge in [-0.05, 0) is 30.3 Å². The Hall–Kier alpha value is -2.28. The lowest BCUT2D eigenvalue weighted by molar-refractivity contribution is 0.171. The molecule has 2 aliphatic rings. The largest absolute Gasteiger partial charge is 0.486 e. The van der Waals surface area contributed by atoms with Crippen molar-refractivity contribution in [2.24, 2.45) is 0 Å². The number of rotatable bonds is 4. The predicted octanol–water partition coefficient (Wildman–Crippen LogP) is 1.43. The Labute approximate surface area is 172 Å². The van der Waals surface area contributed by atoms with Crippen molar-refractivity contribution in [3.63, 3.8) is 0 Å². The lowest BCUT2D eigenvalue weighted by Crippen LogP contribution is -2.50. The van der Waals surface area contributed by atoms with Crippen LogP contribution in [0.1, 0.15) is 0 Å². The van der Waals surface area contributed by atoms with Crippen LogP contribution in [-0.4, -0.2) is 64.8 Å². The number of piperazine rings is 1. The normalized spacial score (nSPS) is 18.3. The molecule has 0 spiro atoms. The van der Waals surface area contributed by atoms with Gasteiger partial charge >= 0.3 is 0 Å². The summed E-state index contributed by atoms with van der Waals surface area (Å²) in [5, 5.41) is 0. The molecule has 2 aromatic rings. The standard InChI is InChI=1S/C18H18F2N2O6S2/c19-13-1-3-15(20)18(11-13)30(25,26)22-7-5-21(6-8-22)29(23,24)14-2-4-16-17(12-14)28-10-9-27-16/h1-4,11-12H,5-10H2. The second-order valence-electron chi connectivity index (χ2n) is 6.69. The molecule has 0 unspecified atom stereocenters. The Balaban J connectivity index is 1.52. The number of hydrogen-bond donors (Lipinski definition) is 0. The van der Waals surface area contributed by atoms with Crippen molar-refractivity contribution in [3.05, 3.63) is 48.0 Å². The first kappa shape index (κ1) is 21.0. The van der Waals surface area contributed by atoms with Gasteiger partial charge in [-0.2, -0.15) is 8.61 Å². The van der Waals surface area contributed by atoms with Crippen LogP contribution in [-0.2, 0) is 20.0 Å². The van der Waals surface area contributed by atoms with Gasteiger partial charge in [0.2, 0.25) is 20.0 Å². The fourth-order valence-electron chi connectivity index (χ4n) is 3.30. The van der Waals surface area contributed by atoms with E-state index in [-0.39, 0.29) is 31.1 Å². The predicted molar refractivity (Wildman–Crippen MR) is 101 cm³/mol. The number of benzene rings is 2. The molecule has 2 aromatic carbocycles. The Kier molecular flexibility index (Phi) is 5.43. The van der Waals surface area contributed by atoms with Gasteiger partial charge in [0.25, 0.3) is 0 Å². The number of ether oxygens (including phenoxy) is 2. The van der Waals surface area contributed by atoms with Crippen LogP contribution in [0.3, 0.4) is 0 Å². The first-order chi connectivity index (χ1) is 14.2. The zero-order valence-corrected chi connectivity index (χ0v) is 17.3. The number of sulfonamides is 2. The molecule has 4 rings (SSSR count). The molecule has 1 fully saturated rings. The molecule has 1 saturated heterocycles. The Morgan fingerprint density at radius 2 is 1.33 bits per heavy atom. The summed E-state index contributed by atoms with van der Waals surface area (Å²) in [5.74, 6) is -1.17. The summed E-state index contributed by atoms with van der Waals surface area (Å²) in [6, 6.07) is 6.46. The Morgan fingerprint density at radius 1 is 0.733 bits per heavy atom. The summed E-state index contributed by atoms with van der Waals surface area (Å²) in [6.45, 7) is 0.0368. The minimum absolute atomic E-state index is 0.000711. The average Bonchev–Trinajstić information content (AvgIpc) is 2.75. The smallest absolute Gasteiger partial charge is 0.246 e. The molecule has 0 atom stereocenters. The molecule has 162 valence electrons. The van der Waals surface area contributed by atoms with E-state index in [0.29, 0.717) is 30.8 Å². The van der Waals surface area contributed by atoms with Crippen LogP contribution in [0.5, 0.6) is 11.5 Å². The van der Waals surface area contributed by atoms with E-state index in [4.69, 9.17) is 9.47 Å². The third kappa shape index (κ3) is 3.75. The molecule has 0 aromatic heterocycles. The lowest BCUT2D eigenvalue weighted by Gasteiger charge is -2.33. The quantitative estimate of drug-likeness (QED) is 0.686. The number of nitrogens with zero attached hydrogens (tertiary/aromatic N) is 2. The van der Waals surface area contributed by atoms with E-state index in [2.05, 4.69) is 0 Å². The van der Waals surface area contributed by atoms with Crippen LogP contribution in [0, 0.1) is 11.6 Å². The molecule has 0 bridgehead atoms. The van der Waals surface area contributed by atoms with E-state index in [1.807, 2.05) is 0 Å². The molecular weight excluding hydrogens is 442 g/mol. The third-order valence-electron chi connectivity index (χ3n) is 4.86. The van der Waals surface area contributed by atoms with Crippen LogP contribution < -0.4 is 9.47 Å². The topological polar surface area (TPSA) is 93.2 Å². The van der Waals surface area contributed by atoms with Crippen molar-refractivity contribution >= 4 is 20.0 Å². The molecule has 0 saturated carbocycles. The zero-order chi connectivity index (χ0) is 21.5. The number of fused-ring (bicyclic) bond motifs is 1. The van der Waals surface area contributed by atoms with Gasteiger partial charge in [-0.15, -0.1) is 0 Å². The fraction of sp³-hybridized carbons (Fsp3) is 0.333. The van der Waals surface area contributed by atoms with Crippen LogP contribution in [0.15, 0.2) is 46.2 Å². The molecule has 0 aliphatic carbocycles. The van der Waals surface area contributed by atoms with Crippen molar-refractivity contribution in [1.82, 2.24) is 8.61 Å². The summed E-state index contributed by atoms with van der Waals surface area (Å²) >= 11 is 0. The maximum Gasteiger partial charge on any atom is 0.246 e. The highest BCUT2D eigenvalue weighted by atomic mass is 32.2. The minimum Gasteiger partial charge on any atom is -0.486 e. The van der Waals surface area contributed by atoms with Gasteiger partial charge < -0.3 is 9.47 Å². The van der Waals surface area contributed by atoms with E-state index in [9.17, 15) is 25.6 Å². The number of halogens is 2. The van der Waals surface area contributed by atoms with Crippen molar-refractivity contribution in [2.75, 3.05) is 39.4 Å². The summed E-state index contributed by atoms with van der Waals surface area (Å²) in [4.78, 5) is -0.773. The van der Waals surface area contributed by atoms with Gasteiger partial charge in [0, 0.05) is 32.2 Å². The van der Waals surface area contributed by atoms with Gasteiger partial charge in [-0.3, -0.25) is 0 Å². The first-order valence-corrected chi connectivity index (χ1v) is 11.9. The van der Waals surface area contributed by atoms with Crippen molar-refractivity contribution in [1.29, 1.82) is 0 Å². The Morgan fingerprint density at radius 3 is 2.00 bits per heavy atom. The van der Waals surface area contributed by atoms with Crippen LogP contribution in [0.25, 0.3) is 0 Å². The van der Waals surface area contributed by atoms with Gasteiger partial charge in [0.1, 0.15) is 29.7 Å². The second-order valence-corrected chi connectivity index (χ2v) is 10.5. The average molecular weight is 460 g/mol. The van der Waals surface area contributed by atoms with Gasteiger partial charge in [0.15, 0.2) is 11.5 Å². The van der Waals surface area contributed by atoms with Crippen LogP contribution in [0.4, 0.5) is 8.78 Å². The molecular formula is C18H18F2N2O6S2. The molecule has 2 aliphatic heterocycles. The summed E-state index contributed by atoms with van der Waals surface area (Å²) in [7, 11) is -8.20. The maximum absolute atomic E-state index is 13.9. The minimum atomic E-state index is -4.30. The van der Waals surface area contributed by atoms with E-state index in [1.165, 1.54) is 18.2 Å². The zero-order valence-electron chi connectivity index (χ0n) is 15.6. The summed E-state index contributed by atoms with van der Waals surface area (Å²) < 4.78 is 91.5. The highest BCUT2D eigenvalue weighted by molar-refractivity contribution is 7.89. The maximum atomic E-state index is 13.9. The molecule has 0 N–H and O–H groups in total. The van der Waals surface area contributed by atoms with Gasteiger partial charge in [0.05, 0.1) is 4.90 Å². The molecule has 8 nitrogen and oxygen atoms in total. The lowest BCUT2D eigenvalue weighted by atomic mass is 10.3. The highest BCUT2D eigenvalue weighted by Gasteiger charge is 2.35. The Bertz CT molecular complexity index is 1180. The van der Waals surface area contributed by atoms with E-state index in [0.717, 1.165) is 20.7 Å². The van der Waals surface area contributed by atoms with Gasteiger partial charge in [-0.1, -0.05) is 0 Å². The third-order valence-corrected chi connectivity index (χ3v) is 8.67. The molecule has 0 amide bonds. The van der Waals surface area contributed by atoms with E-state index < -0.39 is 36.6 Å². The summed E-state index contributed by atoms with van der Waals surface area (Å²) in [5.41, 5.74) is 0. The van der Waals surface area contributed by atoms with Crippen LogP contribution >= 0.6 is 0 Å². The van der Waals surface area contributed by atoms with Crippen molar-refractivity contribution < 1.29 is 35.1 Å². The SMILES string of the molecule is O=S(=O)(c1ccc2c(c1)OCCO2)N1CCN(S(=O)(=O)c2cc(F)ccc2F)CC1. The van der Waals surface area contributed by atoms with Crippen LogP contribution in [0.2, 0.25) is 0 Å². The van der Waals surface area contributed by atoms with E-state index >= 15 is 0 Å². The van der Waals surface area contributed by atoms with E-state index in [1.54, 1.807) is 0 Å². The molecule has 2 heterocycles. The number of hydrogen-bond acceptors (Lipinski definition) is 6. The van der Waals surface area contributed by atoms with Gasteiger partial charge in [-0.25, -0.2) is 25.6 Å². The monoisotopic (exact) mass is 460 g/mol.